The Hall–Kier alpha value is -1.92. The van der Waals surface area contributed by atoms with Crippen molar-refractivity contribution in [3.8, 4) is 0 Å². The number of fused-ring (bicyclic) bond motifs is 3. The van der Waals surface area contributed by atoms with Crippen LogP contribution in [-0.4, -0.2) is 82.4 Å². The molecular weight excluding hydrogens is 350 g/mol. The van der Waals surface area contributed by atoms with Gasteiger partial charge in [0.2, 0.25) is 0 Å². The largest absolute Gasteiger partial charge is 0.334 e. The second kappa shape index (κ2) is 6.85. The third-order valence-corrected chi connectivity index (χ3v) is 7.40. The van der Waals surface area contributed by atoms with Crippen LogP contribution in [0.3, 0.4) is 0 Å². The molecule has 0 spiro atoms. The first-order valence-electron chi connectivity index (χ1n) is 10.7. The molecule has 6 heteroatoms. The molecule has 1 aromatic heterocycles. The number of rotatable bonds is 2. The molecular formula is C22H31N5O. The van der Waals surface area contributed by atoms with E-state index in [1.165, 1.54) is 31.2 Å². The van der Waals surface area contributed by atoms with Gasteiger partial charge in [-0.2, -0.15) is 0 Å². The lowest BCUT2D eigenvalue weighted by Crippen LogP contribution is -2.59. The summed E-state index contributed by atoms with van der Waals surface area (Å²) in [4.78, 5) is 28.4. The van der Waals surface area contributed by atoms with E-state index in [1.807, 2.05) is 12.1 Å². The molecule has 0 aliphatic carbocycles. The zero-order valence-electron chi connectivity index (χ0n) is 17.2. The molecule has 0 saturated carbocycles. The highest BCUT2D eigenvalue weighted by Gasteiger charge is 2.44. The van der Waals surface area contributed by atoms with E-state index in [-0.39, 0.29) is 11.9 Å². The van der Waals surface area contributed by atoms with Gasteiger partial charge in [0.1, 0.15) is 0 Å². The van der Waals surface area contributed by atoms with Gasteiger partial charge in [0.05, 0.1) is 11.0 Å². The lowest BCUT2D eigenvalue weighted by atomic mass is 9.83. The van der Waals surface area contributed by atoms with E-state index in [0.29, 0.717) is 23.8 Å². The van der Waals surface area contributed by atoms with E-state index < -0.39 is 0 Å². The Morgan fingerprint density at radius 1 is 1.14 bits per heavy atom. The number of likely N-dealkylation sites (N-methyl/N-ethyl adjacent to an activating group) is 1. The van der Waals surface area contributed by atoms with Crippen LogP contribution in [-0.2, 0) is 0 Å². The van der Waals surface area contributed by atoms with Crippen LogP contribution in [0.1, 0.15) is 41.9 Å². The number of hydrogen-bond donors (Lipinski definition) is 1. The van der Waals surface area contributed by atoms with Gasteiger partial charge in [-0.15, -0.1) is 0 Å². The molecule has 1 amide bonds. The van der Waals surface area contributed by atoms with Crippen LogP contribution in [0, 0.1) is 12.8 Å². The molecule has 6 nitrogen and oxygen atoms in total. The van der Waals surface area contributed by atoms with Crippen molar-refractivity contribution in [2.24, 2.45) is 5.92 Å². The molecule has 4 heterocycles. The minimum atomic E-state index is 0.0678. The summed E-state index contributed by atoms with van der Waals surface area (Å²) in [6.07, 6.45) is 5.07. The number of aromatic amines is 1. The van der Waals surface area contributed by atoms with Crippen molar-refractivity contribution in [3.05, 3.63) is 29.6 Å². The Kier molecular flexibility index (Phi) is 4.43. The SMILES string of the molecule is Cc1ccc2nc(C(=O)N3CCN(C)CC3C3CC4CCC(C3)N4C)[nH]c2c1. The predicted molar refractivity (Wildman–Crippen MR) is 110 cm³/mol. The first-order chi connectivity index (χ1) is 13.5. The second-order valence-electron chi connectivity index (χ2n) is 9.22. The Labute approximate surface area is 166 Å². The third-order valence-electron chi connectivity index (χ3n) is 7.40. The number of piperidine rings is 1. The molecule has 1 aromatic carbocycles. The van der Waals surface area contributed by atoms with E-state index in [2.05, 4.69) is 51.8 Å². The van der Waals surface area contributed by atoms with Crippen LogP contribution in [0.4, 0.5) is 0 Å². The summed E-state index contributed by atoms with van der Waals surface area (Å²) in [6.45, 7) is 4.75. The maximum Gasteiger partial charge on any atom is 0.290 e. The number of piperazine rings is 1. The fraction of sp³-hybridized carbons (Fsp3) is 0.636. The van der Waals surface area contributed by atoms with Crippen molar-refractivity contribution in [2.75, 3.05) is 33.7 Å². The Bertz CT molecular complexity index is 878. The zero-order chi connectivity index (χ0) is 19.4. The molecule has 3 aliphatic heterocycles. The van der Waals surface area contributed by atoms with Gasteiger partial charge in [0, 0.05) is 37.8 Å². The van der Waals surface area contributed by atoms with Crippen LogP contribution in [0.15, 0.2) is 18.2 Å². The number of aryl methyl sites for hydroxylation is 1. The minimum absolute atomic E-state index is 0.0678. The summed E-state index contributed by atoms with van der Waals surface area (Å²) >= 11 is 0. The maximum absolute atomic E-state index is 13.5. The average molecular weight is 382 g/mol. The number of hydrogen-bond acceptors (Lipinski definition) is 4. The van der Waals surface area contributed by atoms with Gasteiger partial charge in [-0.3, -0.25) is 4.79 Å². The number of imidazole rings is 1. The molecule has 3 unspecified atom stereocenters. The van der Waals surface area contributed by atoms with Gasteiger partial charge in [0.25, 0.3) is 5.91 Å². The summed E-state index contributed by atoms with van der Waals surface area (Å²) in [6, 6.07) is 7.79. The van der Waals surface area contributed by atoms with Crippen LogP contribution in [0.25, 0.3) is 11.0 Å². The van der Waals surface area contributed by atoms with Gasteiger partial charge >= 0.3 is 0 Å². The van der Waals surface area contributed by atoms with E-state index in [1.54, 1.807) is 0 Å². The van der Waals surface area contributed by atoms with Crippen molar-refractivity contribution in [1.29, 1.82) is 0 Å². The molecule has 5 rings (SSSR count). The zero-order valence-corrected chi connectivity index (χ0v) is 17.2. The number of H-pyrrole nitrogens is 1. The number of amides is 1. The lowest BCUT2D eigenvalue weighted by Gasteiger charge is -2.47. The van der Waals surface area contributed by atoms with Gasteiger partial charge in [-0.25, -0.2) is 4.98 Å². The third kappa shape index (κ3) is 3.03. The standard InChI is InChI=1S/C22H31N5O/c1-14-4-7-18-19(10-14)24-21(23-18)22(28)27-9-8-25(2)13-20(27)15-11-16-5-6-17(12-15)26(16)3/h4,7,10,15-17,20H,5-6,8-9,11-13H2,1-3H3,(H,23,24). The molecule has 1 N–H and O–H groups in total. The summed E-state index contributed by atoms with van der Waals surface area (Å²) in [5.74, 6) is 1.15. The van der Waals surface area contributed by atoms with Gasteiger partial charge in [0.15, 0.2) is 5.82 Å². The van der Waals surface area contributed by atoms with Gasteiger partial charge < -0.3 is 19.7 Å². The smallest absolute Gasteiger partial charge is 0.290 e. The number of carbonyl (C=O) groups is 1. The molecule has 3 saturated heterocycles. The summed E-state index contributed by atoms with van der Waals surface area (Å²) in [7, 11) is 4.47. The Balaban J connectivity index is 1.42. The normalized spacial score (nSPS) is 31.6. The lowest BCUT2D eigenvalue weighted by molar-refractivity contribution is 0.0141. The van der Waals surface area contributed by atoms with E-state index in [0.717, 1.165) is 30.7 Å². The Morgan fingerprint density at radius 3 is 2.64 bits per heavy atom. The van der Waals surface area contributed by atoms with Gasteiger partial charge in [-0.05, 0) is 70.3 Å². The number of nitrogens with zero attached hydrogens (tertiary/aromatic N) is 4. The summed E-state index contributed by atoms with van der Waals surface area (Å²) in [5.41, 5.74) is 3.00. The van der Waals surface area contributed by atoms with Crippen molar-refractivity contribution in [3.63, 3.8) is 0 Å². The highest BCUT2D eigenvalue weighted by molar-refractivity contribution is 5.94. The van der Waals surface area contributed by atoms with E-state index >= 15 is 0 Å². The molecule has 3 atom stereocenters. The summed E-state index contributed by atoms with van der Waals surface area (Å²) in [5, 5.41) is 0. The quantitative estimate of drug-likeness (QED) is 0.868. The first-order valence-corrected chi connectivity index (χ1v) is 10.7. The van der Waals surface area contributed by atoms with Crippen LogP contribution < -0.4 is 0 Å². The van der Waals surface area contributed by atoms with E-state index in [9.17, 15) is 4.79 Å². The fourth-order valence-electron chi connectivity index (χ4n) is 5.74. The number of nitrogens with one attached hydrogen (secondary N) is 1. The summed E-state index contributed by atoms with van der Waals surface area (Å²) < 4.78 is 0. The van der Waals surface area contributed by atoms with Crippen molar-refractivity contribution < 1.29 is 4.79 Å². The number of carbonyl (C=O) groups excluding carboxylic acids is 1. The molecule has 2 bridgehead atoms. The predicted octanol–water partition coefficient (Wildman–Crippen LogP) is 2.50. The van der Waals surface area contributed by atoms with Crippen molar-refractivity contribution in [1.82, 2.24) is 24.7 Å². The molecule has 0 radical (unpaired) electrons. The second-order valence-corrected chi connectivity index (χ2v) is 9.22. The maximum atomic E-state index is 13.5. The van der Waals surface area contributed by atoms with Gasteiger partial charge in [-0.1, -0.05) is 6.07 Å². The van der Waals surface area contributed by atoms with Crippen LogP contribution in [0.5, 0.6) is 0 Å². The fourth-order valence-corrected chi connectivity index (χ4v) is 5.74. The topological polar surface area (TPSA) is 55.5 Å². The molecule has 3 fully saturated rings. The van der Waals surface area contributed by atoms with Crippen molar-refractivity contribution in [2.45, 2.75) is 50.7 Å². The highest BCUT2D eigenvalue weighted by Crippen LogP contribution is 2.40. The molecule has 3 aliphatic rings. The first kappa shape index (κ1) is 18.1. The highest BCUT2D eigenvalue weighted by atomic mass is 16.2. The molecule has 28 heavy (non-hydrogen) atoms. The Morgan fingerprint density at radius 2 is 1.89 bits per heavy atom. The number of aromatic nitrogens is 2. The average Bonchev–Trinajstić information content (AvgIpc) is 3.16. The number of benzene rings is 1. The molecule has 2 aromatic rings. The molecule has 150 valence electrons. The van der Waals surface area contributed by atoms with Crippen molar-refractivity contribution >= 4 is 16.9 Å². The minimum Gasteiger partial charge on any atom is -0.334 e. The van der Waals surface area contributed by atoms with Crippen LogP contribution >= 0.6 is 0 Å². The van der Waals surface area contributed by atoms with Crippen LogP contribution in [0.2, 0.25) is 0 Å². The van der Waals surface area contributed by atoms with E-state index in [4.69, 9.17) is 0 Å². The monoisotopic (exact) mass is 381 g/mol.